The Morgan fingerprint density at radius 2 is 1.89 bits per heavy atom. The van der Waals surface area contributed by atoms with Gasteiger partial charge in [0.1, 0.15) is 0 Å². The molecule has 0 bridgehead atoms. The molecule has 0 spiro atoms. The van der Waals surface area contributed by atoms with E-state index in [1.807, 2.05) is 11.3 Å². The van der Waals surface area contributed by atoms with Crippen LogP contribution >= 0.6 is 27.3 Å². The molecule has 1 aromatic carbocycles. The highest BCUT2D eigenvalue weighted by atomic mass is 79.9. The molecule has 0 fully saturated rings. The minimum Gasteiger partial charge on any atom is -0.323 e. The van der Waals surface area contributed by atoms with Gasteiger partial charge >= 0.3 is 0 Å². The zero-order valence-corrected chi connectivity index (χ0v) is 13.3. The predicted molar refractivity (Wildman–Crippen MR) is 85.7 cm³/mol. The Morgan fingerprint density at radius 3 is 2.63 bits per heavy atom. The smallest absolute Gasteiger partial charge is 0.0430 e. The zero-order chi connectivity index (χ0) is 13.2. The number of hydrogen-bond acceptors (Lipinski definition) is 2. The number of halogens is 1. The van der Waals surface area contributed by atoms with Crippen LogP contribution in [0.4, 0.5) is 0 Å². The maximum absolute atomic E-state index is 6.38. The summed E-state index contributed by atoms with van der Waals surface area (Å²) in [7, 11) is 0. The Morgan fingerprint density at radius 1 is 1.16 bits per heavy atom. The first-order valence-electron chi connectivity index (χ1n) is 6.84. The second-order valence-corrected chi connectivity index (χ2v) is 7.33. The lowest BCUT2D eigenvalue weighted by Crippen LogP contribution is -2.11. The molecule has 0 saturated heterocycles. The Bertz CT molecular complexity index is 535. The number of rotatable bonds is 3. The van der Waals surface area contributed by atoms with Crippen LogP contribution in [0.25, 0.3) is 0 Å². The summed E-state index contributed by atoms with van der Waals surface area (Å²) in [6.45, 7) is 0. The predicted octanol–water partition coefficient (Wildman–Crippen LogP) is 4.63. The van der Waals surface area contributed by atoms with Gasteiger partial charge in [-0.05, 0) is 61.4 Å². The fourth-order valence-electron chi connectivity index (χ4n) is 2.67. The maximum atomic E-state index is 6.38. The highest BCUT2D eigenvalue weighted by Gasteiger charge is 2.17. The molecule has 0 aliphatic heterocycles. The molecule has 1 aromatic heterocycles. The van der Waals surface area contributed by atoms with Crippen molar-refractivity contribution in [3.8, 4) is 0 Å². The number of hydrogen-bond donors (Lipinski definition) is 1. The molecular weight excluding hydrogens is 318 g/mol. The first-order valence-corrected chi connectivity index (χ1v) is 8.45. The van der Waals surface area contributed by atoms with Gasteiger partial charge in [-0.25, -0.2) is 0 Å². The van der Waals surface area contributed by atoms with E-state index in [1.54, 1.807) is 10.4 Å². The van der Waals surface area contributed by atoms with Crippen molar-refractivity contribution in [3.63, 3.8) is 0 Å². The highest BCUT2D eigenvalue weighted by molar-refractivity contribution is 9.10. The van der Waals surface area contributed by atoms with Gasteiger partial charge in [0.25, 0.3) is 0 Å². The van der Waals surface area contributed by atoms with E-state index in [9.17, 15) is 0 Å². The van der Waals surface area contributed by atoms with E-state index in [1.165, 1.54) is 36.1 Å². The van der Waals surface area contributed by atoms with Gasteiger partial charge in [-0.15, -0.1) is 11.3 Å². The van der Waals surface area contributed by atoms with Crippen LogP contribution in [-0.2, 0) is 19.3 Å². The monoisotopic (exact) mass is 335 g/mol. The second-order valence-electron chi connectivity index (χ2n) is 5.24. The average Bonchev–Trinajstić information content (AvgIpc) is 2.85. The van der Waals surface area contributed by atoms with Crippen LogP contribution in [0.5, 0.6) is 0 Å². The Hall–Kier alpha value is -0.640. The van der Waals surface area contributed by atoms with Gasteiger partial charge in [0.2, 0.25) is 0 Å². The summed E-state index contributed by atoms with van der Waals surface area (Å²) in [4.78, 5) is 2.93. The second kappa shape index (κ2) is 5.78. The van der Waals surface area contributed by atoms with Gasteiger partial charge in [-0.2, -0.15) is 0 Å². The summed E-state index contributed by atoms with van der Waals surface area (Å²) in [5.74, 6) is 0. The summed E-state index contributed by atoms with van der Waals surface area (Å²) in [5.41, 5.74) is 9.24. The Labute approximate surface area is 127 Å². The fraction of sp³-hybridized carbons (Fsp3) is 0.375. The quantitative estimate of drug-likeness (QED) is 0.869. The third-order valence-corrected chi connectivity index (χ3v) is 5.65. The number of fused-ring (bicyclic) bond motifs is 1. The lowest BCUT2D eigenvalue weighted by atomic mass is 9.98. The molecule has 0 radical (unpaired) electrons. The molecular formula is C16H18BrNS. The van der Waals surface area contributed by atoms with E-state index in [4.69, 9.17) is 5.73 Å². The molecule has 2 N–H and O–H groups in total. The van der Waals surface area contributed by atoms with Crippen molar-refractivity contribution in [2.45, 2.75) is 38.1 Å². The first-order chi connectivity index (χ1) is 9.22. The van der Waals surface area contributed by atoms with Gasteiger partial charge in [-0.1, -0.05) is 28.1 Å². The van der Waals surface area contributed by atoms with Gasteiger partial charge in [-0.3, -0.25) is 0 Å². The summed E-state index contributed by atoms with van der Waals surface area (Å²) in [6, 6.07) is 11.0. The van der Waals surface area contributed by atoms with E-state index < -0.39 is 0 Å². The van der Waals surface area contributed by atoms with E-state index in [0.717, 1.165) is 10.9 Å². The van der Waals surface area contributed by atoms with Gasteiger partial charge in [0.05, 0.1) is 0 Å². The average molecular weight is 336 g/mol. The Balaban J connectivity index is 1.74. The molecule has 1 nitrogen and oxygen atoms in total. The molecule has 2 aromatic rings. The van der Waals surface area contributed by atoms with Crippen LogP contribution in [-0.4, -0.2) is 0 Å². The molecule has 0 saturated carbocycles. The van der Waals surface area contributed by atoms with E-state index in [-0.39, 0.29) is 6.04 Å². The van der Waals surface area contributed by atoms with Crippen LogP contribution in [0.15, 0.2) is 34.8 Å². The van der Waals surface area contributed by atoms with Crippen molar-refractivity contribution in [2.75, 3.05) is 0 Å². The van der Waals surface area contributed by atoms with Gasteiger partial charge in [0, 0.05) is 20.3 Å². The lowest BCUT2D eigenvalue weighted by Gasteiger charge is -2.09. The molecule has 1 atom stereocenters. The first kappa shape index (κ1) is 13.3. The van der Waals surface area contributed by atoms with Crippen LogP contribution in [0.3, 0.4) is 0 Å². The molecule has 3 heteroatoms. The van der Waals surface area contributed by atoms with Crippen LogP contribution in [0.2, 0.25) is 0 Å². The zero-order valence-electron chi connectivity index (χ0n) is 10.9. The van der Waals surface area contributed by atoms with E-state index in [2.05, 4.69) is 46.3 Å². The molecule has 1 aliphatic carbocycles. The van der Waals surface area contributed by atoms with Crippen molar-refractivity contribution in [1.82, 2.24) is 0 Å². The SMILES string of the molecule is NC(Cc1ccc(Br)cc1)c1cc2c(s1)CCCC2. The van der Waals surface area contributed by atoms with Crippen molar-refractivity contribution in [3.05, 3.63) is 55.7 Å². The van der Waals surface area contributed by atoms with Crippen molar-refractivity contribution >= 4 is 27.3 Å². The number of nitrogens with two attached hydrogens (primary N) is 1. The molecule has 1 aliphatic rings. The van der Waals surface area contributed by atoms with Crippen LogP contribution in [0.1, 0.15) is 39.8 Å². The summed E-state index contributed by atoms with van der Waals surface area (Å²) in [5, 5.41) is 0. The molecule has 1 heterocycles. The summed E-state index contributed by atoms with van der Waals surface area (Å²) in [6.07, 6.45) is 6.11. The molecule has 0 amide bonds. The van der Waals surface area contributed by atoms with Gasteiger partial charge in [0.15, 0.2) is 0 Å². The van der Waals surface area contributed by atoms with Crippen molar-refractivity contribution in [1.29, 1.82) is 0 Å². The summed E-state index contributed by atoms with van der Waals surface area (Å²) < 4.78 is 1.12. The van der Waals surface area contributed by atoms with Crippen molar-refractivity contribution < 1.29 is 0 Å². The van der Waals surface area contributed by atoms with Gasteiger partial charge < -0.3 is 5.73 Å². The maximum Gasteiger partial charge on any atom is 0.0430 e. The molecule has 1 unspecified atom stereocenters. The Kier molecular flexibility index (Phi) is 4.06. The highest BCUT2D eigenvalue weighted by Crippen LogP contribution is 2.33. The number of benzene rings is 1. The van der Waals surface area contributed by atoms with E-state index in [0.29, 0.717) is 0 Å². The standard InChI is InChI=1S/C16H18BrNS/c17-13-7-5-11(6-8-13)9-14(18)16-10-12-3-1-2-4-15(12)19-16/h5-8,10,14H,1-4,9,18H2. The number of aryl methyl sites for hydroxylation is 2. The van der Waals surface area contributed by atoms with Crippen molar-refractivity contribution in [2.24, 2.45) is 5.73 Å². The summed E-state index contributed by atoms with van der Waals surface area (Å²) >= 11 is 5.40. The normalized spacial score (nSPS) is 16.1. The topological polar surface area (TPSA) is 26.0 Å². The van der Waals surface area contributed by atoms with Crippen LogP contribution in [0, 0.1) is 0 Å². The molecule has 19 heavy (non-hydrogen) atoms. The minimum atomic E-state index is 0.136. The largest absolute Gasteiger partial charge is 0.323 e. The molecule has 100 valence electrons. The van der Waals surface area contributed by atoms with E-state index >= 15 is 0 Å². The third-order valence-electron chi connectivity index (χ3n) is 3.75. The lowest BCUT2D eigenvalue weighted by molar-refractivity contribution is 0.695. The van der Waals surface area contributed by atoms with Crippen LogP contribution < -0.4 is 5.73 Å². The fourth-order valence-corrected chi connectivity index (χ4v) is 4.19. The third kappa shape index (κ3) is 3.10. The minimum absolute atomic E-state index is 0.136. The molecule has 3 rings (SSSR count). The number of thiophene rings is 1.